The first-order chi connectivity index (χ1) is 11.1. The molecule has 2 N–H and O–H groups in total. The highest BCUT2D eigenvalue weighted by atomic mass is 16.2. The van der Waals surface area contributed by atoms with Crippen molar-refractivity contribution in [2.24, 2.45) is 18.1 Å². The molecule has 1 unspecified atom stereocenters. The highest BCUT2D eigenvalue weighted by Gasteiger charge is 2.22. The maximum Gasteiger partial charge on any atom is 0.240 e. The molecule has 2 aromatic heterocycles. The molecule has 23 heavy (non-hydrogen) atoms. The molecule has 1 aromatic carbocycles. The van der Waals surface area contributed by atoms with Gasteiger partial charge in [0.2, 0.25) is 5.91 Å². The Bertz CT molecular complexity index is 935. The number of H-pyrrole nitrogens is 1. The van der Waals surface area contributed by atoms with E-state index in [1.807, 2.05) is 38.2 Å². The summed E-state index contributed by atoms with van der Waals surface area (Å²) in [6.07, 6.45) is 2.20. The summed E-state index contributed by atoms with van der Waals surface area (Å²) in [4.78, 5) is 19.3. The van der Waals surface area contributed by atoms with E-state index in [-0.39, 0.29) is 11.8 Å². The maximum atomic E-state index is 11.4. The summed E-state index contributed by atoms with van der Waals surface area (Å²) in [5.41, 5.74) is 7.19. The van der Waals surface area contributed by atoms with Gasteiger partial charge in [0.05, 0.1) is 16.7 Å². The predicted molar refractivity (Wildman–Crippen MR) is 86.8 cm³/mol. The number of rotatable bonds is 2. The predicted octanol–water partition coefficient (Wildman–Crippen LogP) is 1.82. The fourth-order valence-corrected chi connectivity index (χ4v) is 2.90. The van der Waals surface area contributed by atoms with Crippen LogP contribution < -0.4 is 5.43 Å². The molecule has 1 amide bonds. The van der Waals surface area contributed by atoms with Crippen molar-refractivity contribution in [3.63, 3.8) is 0 Å². The summed E-state index contributed by atoms with van der Waals surface area (Å²) in [6, 6.07) is 7.90. The number of aryl methyl sites for hydroxylation is 1. The number of carbonyl (C=O) groups is 1. The van der Waals surface area contributed by atoms with E-state index >= 15 is 0 Å². The third kappa shape index (κ3) is 2.30. The highest BCUT2D eigenvalue weighted by molar-refractivity contribution is 6.07. The Morgan fingerprint density at radius 1 is 1.30 bits per heavy atom. The van der Waals surface area contributed by atoms with Crippen molar-refractivity contribution in [3.05, 3.63) is 36.0 Å². The molecule has 0 radical (unpaired) electrons. The minimum atomic E-state index is -0.0395. The van der Waals surface area contributed by atoms with Crippen LogP contribution in [0.3, 0.4) is 0 Å². The van der Waals surface area contributed by atoms with E-state index in [9.17, 15) is 4.79 Å². The van der Waals surface area contributed by atoms with Crippen molar-refractivity contribution >= 4 is 22.7 Å². The van der Waals surface area contributed by atoms with E-state index < -0.39 is 0 Å². The molecule has 0 saturated heterocycles. The van der Waals surface area contributed by atoms with Gasteiger partial charge in [-0.1, -0.05) is 13.0 Å². The van der Waals surface area contributed by atoms with Gasteiger partial charge in [0, 0.05) is 31.1 Å². The fraction of sp³-hybridized carbons (Fsp3) is 0.250. The number of aromatic amines is 1. The third-order valence-corrected chi connectivity index (χ3v) is 4.10. The molecule has 7 heteroatoms. The smallest absolute Gasteiger partial charge is 0.240 e. The number of nitrogens with one attached hydrogen (secondary N) is 2. The minimum absolute atomic E-state index is 0.0395. The first-order valence-electron chi connectivity index (χ1n) is 7.47. The van der Waals surface area contributed by atoms with Gasteiger partial charge in [-0.3, -0.25) is 9.48 Å². The molecule has 1 aliphatic rings. The van der Waals surface area contributed by atoms with Crippen LogP contribution >= 0.6 is 0 Å². The van der Waals surface area contributed by atoms with Crippen LogP contribution in [0.5, 0.6) is 0 Å². The third-order valence-electron chi connectivity index (χ3n) is 4.10. The summed E-state index contributed by atoms with van der Waals surface area (Å²) < 4.78 is 1.78. The second kappa shape index (κ2) is 5.05. The second-order valence-corrected chi connectivity index (χ2v) is 5.79. The van der Waals surface area contributed by atoms with Gasteiger partial charge in [-0.2, -0.15) is 10.2 Å². The molecule has 116 valence electrons. The van der Waals surface area contributed by atoms with Crippen LogP contribution in [-0.2, 0) is 11.8 Å². The van der Waals surface area contributed by atoms with Gasteiger partial charge in [0.15, 0.2) is 5.82 Å². The summed E-state index contributed by atoms with van der Waals surface area (Å²) >= 11 is 0. The second-order valence-electron chi connectivity index (χ2n) is 5.79. The van der Waals surface area contributed by atoms with Crippen molar-refractivity contribution in [3.8, 4) is 11.5 Å². The molecule has 3 aromatic rings. The number of carbonyl (C=O) groups excluding carboxylic acids is 1. The van der Waals surface area contributed by atoms with Crippen LogP contribution in [0.4, 0.5) is 0 Å². The molecule has 1 aliphatic heterocycles. The molecule has 0 aliphatic carbocycles. The standard InChI is InChI=1S/C16H16N6O/c1-9-7-14(23)20-21-15(9)10-3-4-11-12(8-10)19-16(18-11)13-5-6-17-22(13)2/h3-6,8-9H,7H2,1-2H3,(H,18,19)(H,20,23). The van der Waals surface area contributed by atoms with Gasteiger partial charge in [-0.15, -0.1) is 0 Å². The summed E-state index contributed by atoms with van der Waals surface area (Å²) in [5.74, 6) is 0.840. The molecule has 0 saturated carbocycles. The molecule has 0 fully saturated rings. The Balaban J connectivity index is 1.77. The van der Waals surface area contributed by atoms with Crippen molar-refractivity contribution in [1.29, 1.82) is 0 Å². The van der Waals surface area contributed by atoms with Crippen molar-refractivity contribution in [2.75, 3.05) is 0 Å². The molecule has 3 heterocycles. The average molecular weight is 308 g/mol. The van der Waals surface area contributed by atoms with Gasteiger partial charge >= 0.3 is 0 Å². The zero-order valence-electron chi connectivity index (χ0n) is 12.9. The van der Waals surface area contributed by atoms with Crippen molar-refractivity contribution in [2.45, 2.75) is 13.3 Å². The van der Waals surface area contributed by atoms with Crippen molar-refractivity contribution < 1.29 is 4.79 Å². The Morgan fingerprint density at radius 3 is 2.91 bits per heavy atom. The lowest BCUT2D eigenvalue weighted by Gasteiger charge is -2.18. The van der Waals surface area contributed by atoms with Gasteiger partial charge < -0.3 is 4.98 Å². The molecule has 1 atom stereocenters. The fourth-order valence-electron chi connectivity index (χ4n) is 2.90. The molecule has 0 spiro atoms. The van der Waals surface area contributed by atoms with Gasteiger partial charge in [-0.25, -0.2) is 10.4 Å². The first kappa shape index (κ1) is 13.7. The van der Waals surface area contributed by atoms with Gasteiger partial charge in [0.25, 0.3) is 0 Å². The average Bonchev–Trinajstić information content (AvgIpc) is 3.11. The van der Waals surface area contributed by atoms with Crippen LogP contribution in [0.1, 0.15) is 18.9 Å². The number of hydrogen-bond donors (Lipinski definition) is 2. The largest absolute Gasteiger partial charge is 0.337 e. The molecular weight excluding hydrogens is 292 g/mol. The Morgan fingerprint density at radius 2 is 2.17 bits per heavy atom. The first-order valence-corrected chi connectivity index (χ1v) is 7.47. The topological polar surface area (TPSA) is 88.0 Å². The number of amides is 1. The number of hydrogen-bond acceptors (Lipinski definition) is 4. The van der Waals surface area contributed by atoms with E-state index in [2.05, 4.69) is 25.6 Å². The van der Waals surface area contributed by atoms with E-state index in [4.69, 9.17) is 0 Å². The normalized spacial score (nSPS) is 18.1. The number of imidazole rings is 1. The lowest BCUT2D eigenvalue weighted by Crippen LogP contribution is -2.31. The van der Waals surface area contributed by atoms with Crippen LogP contribution in [0.15, 0.2) is 35.6 Å². The lowest BCUT2D eigenvalue weighted by molar-refractivity contribution is -0.121. The van der Waals surface area contributed by atoms with Crippen LogP contribution in [0.2, 0.25) is 0 Å². The zero-order chi connectivity index (χ0) is 16.0. The van der Waals surface area contributed by atoms with Crippen molar-refractivity contribution in [1.82, 2.24) is 25.2 Å². The minimum Gasteiger partial charge on any atom is -0.337 e. The Kier molecular flexibility index (Phi) is 3.00. The summed E-state index contributed by atoms with van der Waals surface area (Å²) in [5, 5.41) is 8.38. The van der Waals surface area contributed by atoms with E-state index in [0.29, 0.717) is 6.42 Å². The molecule has 4 rings (SSSR count). The van der Waals surface area contributed by atoms with Crippen LogP contribution in [0, 0.1) is 5.92 Å². The number of aromatic nitrogens is 4. The SMILES string of the molecule is CC1CC(=O)NN=C1c1ccc2nc(-c3ccnn3C)[nH]c2c1. The van der Waals surface area contributed by atoms with E-state index in [1.54, 1.807) is 10.9 Å². The van der Waals surface area contributed by atoms with Gasteiger partial charge in [0.1, 0.15) is 5.69 Å². The number of hydrazone groups is 1. The number of benzene rings is 1. The maximum absolute atomic E-state index is 11.4. The Labute approximate surface area is 132 Å². The Hall–Kier alpha value is -2.96. The molecule has 0 bridgehead atoms. The number of nitrogens with zero attached hydrogens (tertiary/aromatic N) is 4. The number of fused-ring (bicyclic) bond motifs is 1. The summed E-state index contributed by atoms with van der Waals surface area (Å²) in [7, 11) is 1.88. The monoisotopic (exact) mass is 308 g/mol. The zero-order valence-corrected chi connectivity index (χ0v) is 12.9. The molecular formula is C16H16N6O. The van der Waals surface area contributed by atoms with E-state index in [0.717, 1.165) is 33.8 Å². The van der Waals surface area contributed by atoms with Crippen LogP contribution in [0.25, 0.3) is 22.6 Å². The quantitative estimate of drug-likeness (QED) is 0.757. The summed E-state index contributed by atoms with van der Waals surface area (Å²) in [6.45, 7) is 2.01. The highest BCUT2D eigenvalue weighted by Crippen LogP contribution is 2.23. The van der Waals surface area contributed by atoms with Crippen LogP contribution in [-0.4, -0.2) is 31.4 Å². The van der Waals surface area contributed by atoms with E-state index in [1.165, 1.54) is 0 Å². The van der Waals surface area contributed by atoms with Gasteiger partial charge in [-0.05, 0) is 18.2 Å². The molecule has 7 nitrogen and oxygen atoms in total. The lowest BCUT2D eigenvalue weighted by atomic mass is 9.94.